The van der Waals surface area contributed by atoms with Gasteiger partial charge in [0.15, 0.2) is 0 Å². The Morgan fingerprint density at radius 1 is 1.16 bits per heavy atom. The van der Waals surface area contributed by atoms with Gasteiger partial charge in [0, 0.05) is 13.1 Å². The number of carbonyl (C=O) groups excluding carboxylic acids is 2. The summed E-state index contributed by atoms with van der Waals surface area (Å²) in [6.45, 7) is 8.89. The number of ether oxygens (including phenoxy) is 1. The highest BCUT2D eigenvalue weighted by Crippen LogP contribution is 2.42. The molecular weight excluding hydrogens is 316 g/mol. The fourth-order valence-corrected chi connectivity index (χ4v) is 4.01. The summed E-state index contributed by atoms with van der Waals surface area (Å²) in [5.41, 5.74) is -0.153. The largest absolute Gasteiger partial charge is 0.444 e. The molecule has 2 saturated heterocycles. The van der Waals surface area contributed by atoms with Crippen LogP contribution >= 0.6 is 0 Å². The molecule has 0 aliphatic carbocycles. The lowest BCUT2D eigenvalue weighted by Crippen LogP contribution is -2.54. The first kappa shape index (κ1) is 17.8. The van der Waals surface area contributed by atoms with E-state index >= 15 is 0 Å². The highest BCUT2D eigenvalue weighted by Gasteiger charge is 2.56. The van der Waals surface area contributed by atoms with Gasteiger partial charge in [-0.05, 0) is 52.5 Å². The molecule has 1 aromatic rings. The molecule has 0 radical (unpaired) electrons. The zero-order valence-corrected chi connectivity index (χ0v) is 15.6. The van der Waals surface area contributed by atoms with Crippen molar-refractivity contribution in [3.05, 3.63) is 35.9 Å². The maximum absolute atomic E-state index is 13.3. The number of hydrogen-bond acceptors (Lipinski definition) is 3. The Labute approximate surface area is 149 Å². The summed E-state index contributed by atoms with van der Waals surface area (Å²) >= 11 is 0. The Morgan fingerprint density at radius 3 is 2.48 bits per heavy atom. The predicted octanol–water partition coefficient (Wildman–Crippen LogP) is 3.75. The lowest BCUT2D eigenvalue weighted by atomic mass is 9.94. The standard InChI is InChI=1S/C20H28N2O3/c1-15(16-9-6-5-7-10-16)21-14-12-20(17(21)23)11-8-13-22(20)18(24)25-19(2,3)4/h5-7,9-10,15H,8,11-14H2,1-4H3/t15?,20-/m0/s1. The molecule has 5 heteroatoms. The minimum Gasteiger partial charge on any atom is -0.444 e. The van der Waals surface area contributed by atoms with Crippen LogP contribution in [0.25, 0.3) is 0 Å². The van der Waals surface area contributed by atoms with Gasteiger partial charge in [-0.1, -0.05) is 30.3 Å². The minimum absolute atomic E-state index is 0.00848. The molecule has 1 spiro atoms. The molecule has 0 saturated carbocycles. The van der Waals surface area contributed by atoms with E-state index in [9.17, 15) is 9.59 Å². The SMILES string of the molecule is CC(c1ccccc1)N1CC[C@@]2(CCCN2C(=O)OC(C)(C)C)C1=O. The van der Waals surface area contributed by atoms with Gasteiger partial charge in [-0.15, -0.1) is 0 Å². The first-order valence-corrected chi connectivity index (χ1v) is 9.11. The van der Waals surface area contributed by atoms with E-state index in [1.807, 2.05) is 56.0 Å². The van der Waals surface area contributed by atoms with Crippen molar-refractivity contribution in [2.45, 2.75) is 64.1 Å². The lowest BCUT2D eigenvalue weighted by Gasteiger charge is -2.35. The fraction of sp³-hybridized carbons (Fsp3) is 0.600. The minimum atomic E-state index is -0.717. The van der Waals surface area contributed by atoms with Crippen LogP contribution in [0, 0.1) is 0 Å². The third-order valence-electron chi connectivity index (χ3n) is 5.28. The van der Waals surface area contributed by atoms with Crippen LogP contribution in [0.5, 0.6) is 0 Å². The number of rotatable bonds is 2. The molecule has 25 heavy (non-hydrogen) atoms. The van der Waals surface area contributed by atoms with Crippen LogP contribution in [0.1, 0.15) is 58.6 Å². The van der Waals surface area contributed by atoms with Crippen molar-refractivity contribution < 1.29 is 14.3 Å². The highest BCUT2D eigenvalue weighted by molar-refractivity contribution is 5.92. The third-order valence-corrected chi connectivity index (χ3v) is 5.28. The van der Waals surface area contributed by atoms with Crippen LogP contribution in [0.2, 0.25) is 0 Å². The van der Waals surface area contributed by atoms with Gasteiger partial charge in [0.05, 0.1) is 6.04 Å². The van der Waals surface area contributed by atoms with Gasteiger partial charge in [0.25, 0.3) is 0 Å². The van der Waals surface area contributed by atoms with E-state index < -0.39 is 11.1 Å². The van der Waals surface area contributed by atoms with Crippen molar-refractivity contribution in [2.75, 3.05) is 13.1 Å². The van der Waals surface area contributed by atoms with E-state index in [2.05, 4.69) is 6.92 Å². The maximum atomic E-state index is 13.3. The Bertz CT molecular complexity index is 653. The number of nitrogens with zero attached hydrogens (tertiary/aromatic N) is 2. The van der Waals surface area contributed by atoms with E-state index in [0.717, 1.165) is 18.4 Å². The summed E-state index contributed by atoms with van der Waals surface area (Å²) in [5.74, 6) is 0.0622. The number of likely N-dealkylation sites (tertiary alicyclic amines) is 2. The molecule has 2 fully saturated rings. The first-order valence-electron chi connectivity index (χ1n) is 9.11. The highest BCUT2D eigenvalue weighted by atomic mass is 16.6. The van der Waals surface area contributed by atoms with E-state index in [4.69, 9.17) is 4.74 Å². The molecule has 0 aromatic heterocycles. The predicted molar refractivity (Wildman–Crippen MR) is 96.1 cm³/mol. The molecule has 5 nitrogen and oxygen atoms in total. The molecule has 1 unspecified atom stereocenters. The van der Waals surface area contributed by atoms with Crippen LogP contribution in [-0.2, 0) is 9.53 Å². The van der Waals surface area contributed by atoms with Crippen molar-refractivity contribution in [2.24, 2.45) is 0 Å². The molecule has 2 amide bonds. The Morgan fingerprint density at radius 2 is 1.84 bits per heavy atom. The second kappa shape index (κ2) is 6.36. The number of hydrogen-bond donors (Lipinski definition) is 0. The van der Waals surface area contributed by atoms with Crippen molar-refractivity contribution in [1.82, 2.24) is 9.80 Å². The van der Waals surface area contributed by atoms with Crippen molar-refractivity contribution in [3.8, 4) is 0 Å². The Balaban J connectivity index is 1.80. The fourth-order valence-electron chi connectivity index (χ4n) is 4.01. The summed E-state index contributed by atoms with van der Waals surface area (Å²) in [4.78, 5) is 29.5. The van der Waals surface area contributed by atoms with Gasteiger partial charge in [0.2, 0.25) is 5.91 Å². The molecule has 0 bridgehead atoms. The lowest BCUT2D eigenvalue weighted by molar-refractivity contribution is -0.138. The van der Waals surface area contributed by atoms with Gasteiger partial charge in [-0.2, -0.15) is 0 Å². The second-order valence-electron chi connectivity index (χ2n) is 8.10. The van der Waals surface area contributed by atoms with Crippen LogP contribution in [-0.4, -0.2) is 46.0 Å². The number of carbonyl (C=O) groups is 2. The monoisotopic (exact) mass is 344 g/mol. The molecule has 2 atom stereocenters. The average Bonchev–Trinajstić information content (AvgIpc) is 3.12. The van der Waals surface area contributed by atoms with Crippen molar-refractivity contribution >= 4 is 12.0 Å². The van der Waals surface area contributed by atoms with E-state index in [0.29, 0.717) is 19.5 Å². The van der Waals surface area contributed by atoms with Crippen LogP contribution < -0.4 is 0 Å². The second-order valence-corrected chi connectivity index (χ2v) is 8.10. The molecule has 2 heterocycles. The molecule has 2 aliphatic heterocycles. The van der Waals surface area contributed by atoms with Gasteiger partial charge in [-0.3, -0.25) is 9.69 Å². The summed E-state index contributed by atoms with van der Waals surface area (Å²) in [5, 5.41) is 0. The first-order chi connectivity index (χ1) is 11.7. The van der Waals surface area contributed by atoms with Gasteiger partial charge in [0.1, 0.15) is 11.1 Å². The Kier molecular flexibility index (Phi) is 4.52. The van der Waals surface area contributed by atoms with Crippen LogP contribution in [0.15, 0.2) is 30.3 Å². The summed E-state index contributed by atoms with van der Waals surface area (Å²) in [6.07, 6.45) is 1.89. The normalized spacial score (nSPS) is 24.9. The van der Waals surface area contributed by atoms with E-state index in [-0.39, 0.29) is 18.0 Å². The van der Waals surface area contributed by atoms with Crippen LogP contribution in [0.4, 0.5) is 4.79 Å². The van der Waals surface area contributed by atoms with Crippen LogP contribution in [0.3, 0.4) is 0 Å². The summed E-state index contributed by atoms with van der Waals surface area (Å²) < 4.78 is 5.55. The molecule has 2 aliphatic rings. The zero-order valence-electron chi connectivity index (χ0n) is 15.6. The molecule has 1 aromatic carbocycles. The molecule has 136 valence electrons. The molecular formula is C20H28N2O3. The van der Waals surface area contributed by atoms with Crippen molar-refractivity contribution in [3.63, 3.8) is 0 Å². The van der Waals surface area contributed by atoms with E-state index in [1.54, 1.807) is 4.90 Å². The summed E-state index contributed by atoms with van der Waals surface area (Å²) in [6, 6.07) is 10.1. The van der Waals surface area contributed by atoms with Crippen molar-refractivity contribution in [1.29, 1.82) is 0 Å². The number of amides is 2. The number of benzene rings is 1. The van der Waals surface area contributed by atoms with E-state index in [1.165, 1.54) is 0 Å². The molecule has 0 N–H and O–H groups in total. The maximum Gasteiger partial charge on any atom is 0.411 e. The van der Waals surface area contributed by atoms with Gasteiger partial charge in [-0.25, -0.2) is 4.79 Å². The summed E-state index contributed by atoms with van der Waals surface area (Å²) in [7, 11) is 0. The smallest absolute Gasteiger partial charge is 0.411 e. The topological polar surface area (TPSA) is 49.9 Å². The van der Waals surface area contributed by atoms with Gasteiger partial charge >= 0.3 is 6.09 Å². The molecule has 3 rings (SSSR count). The Hall–Kier alpha value is -2.04. The third kappa shape index (κ3) is 3.24. The average molecular weight is 344 g/mol. The zero-order chi connectivity index (χ0) is 18.2. The van der Waals surface area contributed by atoms with Gasteiger partial charge < -0.3 is 9.64 Å². The quantitative estimate of drug-likeness (QED) is 0.821.